The van der Waals surface area contributed by atoms with Crippen LogP contribution in [-0.2, 0) is 4.79 Å². The van der Waals surface area contributed by atoms with Crippen molar-refractivity contribution in [2.45, 2.75) is 19.9 Å². The number of amides is 2. The van der Waals surface area contributed by atoms with Gasteiger partial charge >= 0.3 is 0 Å². The van der Waals surface area contributed by atoms with Crippen molar-refractivity contribution in [3.8, 4) is 0 Å². The van der Waals surface area contributed by atoms with Crippen LogP contribution in [0, 0.1) is 0 Å². The molecular weight excluding hydrogens is 274 g/mol. The molecule has 3 N–H and O–H groups in total. The highest BCUT2D eigenvalue weighted by Gasteiger charge is 2.16. The van der Waals surface area contributed by atoms with E-state index in [1.807, 2.05) is 6.92 Å². The Morgan fingerprint density at radius 3 is 2.75 bits per heavy atom. The molecule has 0 saturated heterocycles. The summed E-state index contributed by atoms with van der Waals surface area (Å²) in [5.41, 5.74) is 0.419. The zero-order valence-electron chi connectivity index (χ0n) is 9.13. The van der Waals surface area contributed by atoms with E-state index in [9.17, 15) is 9.59 Å². The molecule has 16 heavy (non-hydrogen) atoms. The standard InChI is InChI=1S/C10H14BrN3O2/c1-3-12-9(15)6(2)14-10(16)8-4-7(11)5-13-8/h4-6,13H,3H2,1-2H3,(H,12,15)(H,14,16). The van der Waals surface area contributed by atoms with Crippen molar-refractivity contribution in [2.24, 2.45) is 0 Å². The molecule has 1 atom stereocenters. The SMILES string of the molecule is CCNC(=O)C(C)NC(=O)c1cc(Br)c[nH]1. The minimum absolute atomic E-state index is 0.193. The first kappa shape index (κ1) is 12.8. The van der Waals surface area contributed by atoms with Gasteiger partial charge in [0.15, 0.2) is 0 Å². The first-order chi connectivity index (χ1) is 7.54. The highest BCUT2D eigenvalue weighted by Crippen LogP contribution is 2.10. The number of aromatic nitrogens is 1. The van der Waals surface area contributed by atoms with Gasteiger partial charge in [-0.05, 0) is 35.8 Å². The van der Waals surface area contributed by atoms with Gasteiger partial charge in [-0.3, -0.25) is 9.59 Å². The summed E-state index contributed by atoms with van der Waals surface area (Å²) < 4.78 is 0.795. The number of likely N-dealkylation sites (N-methyl/N-ethyl adjacent to an activating group) is 1. The third kappa shape index (κ3) is 3.37. The van der Waals surface area contributed by atoms with E-state index in [-0.39, 0.29) is 11.8 Å². The van der Waals surface area contributed by atoms with Gasteiger partial charge in [-0.1, -0.05) is 0 Å². The first-order valence-corrected chi connectivity index (χ1v) is 5.76. The summed E-state index contributed by atoms with van der Waals surface area (Å²) in [6.07, 6.45) is 1.66. The average molecular weight is 288 g/mol. The number of carbonyl (C=O) groups is 2. The summed E-state index contributed by atoms with van der Waals surface area (Å²) in [4.78, 5) is 25.8. The van der Waals surface area contributed by atoms with Crippen LogP contribution in [0.15, 0.2) is 16.7 Å². The molecule has 5 nitrogen and oxygen atoms in total. The van der Waals surface area contributed by atoms with Gasteiger partial charge in [-0.25, -0.2) is 0 Å². The zero-order chi connectivity index (χ0) is 12.1. The maximum atomic E-state index is 11.6. The monoisotopic (exact) mass is 287 g/mol. The molecule has 2 amide bonds. The van der Waals surface area contributed by atoms with Crippen LogP contribution in [0.2, 0.25) is 0 Å². The first-order valence-electron chi connectivity index (χ1n) is 4.97. The molecule has 0 fully saturated rings. The maximum absolute atomic E-state index is 11.6. The molecule has 0 aromatic carbocycles. The average Bonchev–Trinajstić information content (AvgIpc) is 2.65. The van der Waals surface area contributed by atoms with Crippen LogP contribution in [0.4, 0.5) is 0 Å². The lowest BCUT2D eigenvalue weighted by Gasteiger charge is -2.12. The molecular formula is C10H14BrN3O2. The summed E-state index contributed by atoms with van der Waals surface area (Å²) >= 11 is 3.23. The molecule has 1 aromatic rings. The zero-order valence-corrected chi connectivity index (χ0v) is 10.7. The highest BCUT2D eigenvalue weighted by molar-refractivity contribution is 9.10. The van der Waals surface area contributed by atoms with Crippen molar-refractivity contribution in [2.75, 3.05) is 6.54 Å². The second kappa shape index (κ2) is 5.69. The molecule has 1 aromatic heterocycles. The van der Waals surface area contributed by atoms with Gasteiger partial charge in [-0.15, -0.1) is 0 Å². The van der Waals surface area contributed by atoms with Crippen LogP contribution in [0.25, 0.3) is 0 Å². The molecule has 0 aliphatic heterocycles. The molecule has 0 aliphatic rings. The lowest BCUT2D eigenvalue weighted by molar-refractivity contribution is -0.122. The van der Waals surface area contributed by atoms with Crippen LogP contribution >= 0.6 is 15.9 Å². The molecule has 0 saturated carbocycles. The van der Waals surface area contributed by atoms with E-state index in [1.165, 1.54) is 0 Å². The Bertz CT molecular complexity index is 389. The third-order valence-electron chi connectivity index (χ3n) is 1.98. The number of hydrogen-bond acceptors (Lipinski definition) is 2. The number of carbonyl (C=O) groups excluding carboxylic acids is 2. The quantitative estimate of drug-likeness (QED) is 0.774. The minimum atomic E-state index is -0.547. The second-order valence-corrected chi connectivity index (χ2v) is 4.24. The maximum Gasteiger partial charge on any atom is 0.268 e. The molecule has 0 bridgehead atoms. The summed E-state index contributed by atoms with van der Waals surface area (Å²) in [6, 6.07) is 1.11. The number of nitrogens with one attached hydrogen (secondary N) is 3. The third-order valence-corrected chi connectivity index (χ3v) is 2.44. The van der Waals surface area contributed by atoms with E-state index in [4.69, 9.17) is 0 Å². The predicted octanol–water partition coefficient (Wildman–Crippen LogP) is 1.03. The lowest BCUT2D eigenvalue weighted by Crippen LogP contribution is -2.44. The smallest absolute Gasteiger partial charge is 0.268 e. The van der Waals surface area contributed by atoms with Gasteiger partial charge in [-0.2, -0.15) is 0 Å². The fraction of sp³-hybridized carbons (Fsp3) is 0.400. The van der Waals surface area contributed by atoms with E-state index in [1.54, 1.807) is 19.2 Å². The largest absolute Gasteiger partial charge is 0.356 e. The Morgan fingerprint density at radius 2 is 2.25 bits per heavy atom. The summed E-state index contributed by atoms with van der Waals surface area (Å²) in [5.74, 6) is -0.495. The molecule has 6 heteroatoms. The summed E-state index contributed by atoms with van der Waals surface area (Å²) in [5, 5.41) is 5.23. The Morgan fingerprint density at radius 1 is 1.56 bits per heavy atom. The number of aromatic amines is 1. The van der Waals surface area contributed by atoms with Gasteiger partial charge in [0.25, 0.3) is 5.91 Å². The fourth-order valence-corrected chi connectivity index (χ4v) is 1.51. The van der Waals surface area contributed by atoms with Crippen LogP contribution in [0.5, 0.6) is 0 Å². The normalized spacial score (nSPS) is 11.9. The predicted molar refractivity (Wildman–Crippen MR) is 64.1 cm³/mol. The highest BCUT2D eigenvalue weighted by atomic mass is 79.9. The molecule has 0 radical (unpaired) electrons. The van der Waals surface area contributed by atoms with Crippen molar-refractivity contribution in [3.63, 3.8) is 0 Å². The van der Waals surface area contributed by atoms with Crippen LogP contribution in [0.1, 0.15) is 24.3 Å². The van der Waals surface area contributed by atoms with Gasteiger partial charge in [0.1, 0.15) is 11.7 Å². The molecule has 1 rings (SSSR count). The van der Waals surface area contributed by atoms with E-state index >= 15 is 0 Å². The molecule has 1 heterocycles. The van der Waals surface area contributed by atoms with E-state index in [2.05, 4.69) is 31.5 Å². The van der Waals surface area contributed by atoms with Gasteiger partial charge in [0, 0.05) is 17.2 Å². The van der Waals surface area contributed by atoms with Crippen molar-refractivity contribution in [3.05, 3.63) is 22.4 Å². The Kier molecular flexibility index (Phi) is 4.54. The van der Waals surface area contributed by atoms with Crippen LogP contribution < -0.4 is 10.6 Å². The molecule has 0 spiro atoms. The molecule has 0 aliphatic carbocycles. The Hall–Kier alpha value is -1.30. The van der Waals surface area contributed by atoms with E-state index in [0.29, 0.717) is 12.2 Å². The number of rotatable bonds is 4. The lowest BCUT2D eigenvalue weighted by atomic mass is 10.3. The topological polar surface area (TPSA) is 74.0 Å². The van der Waals surface area contributed by atoms with Gasteiger partial charge < -0.3 is 15.6 Å². The Labute approximate surface area is 102 Å². The fourth-order valence-electron chi connectivity index (χ4n) is 1.17. The van der Waals surface area contributed by atoms with Crippen molar-refractivity contribution < 1.29 is 9.59 Å². The van der Waals surface area contributed by atoms with E-state index in [0.717, 1.165) is 4.47 Å². The van der Waals surface area contributed by atoms with Gasteiger partial charge in [0.2, 0.25) is 5.91 Å². The summed E-state index contributed by atoms with van der Waals surface area (Å²) in [7, 11) is 0. The summed E-state index contributed by atoms with van der Waals surface area (Å²) in [6.45, 7) is 4.02. The molecule has 88 valence electrons. The number of halogens is 1. The van der Waals surface area contributed by atoms with Crippen molar-refractivity contribution in [1.82, 2.24) is 15.6 Å². The van der Waals surface area contributed by atoms with Gasteiger partial charge in [0.05, 0.1) is 0 Å². The number of hydrogen-bond donors (Lipinski definition) is 3. The van der Waals surface area contributed by atoms with Crippen molar-refractivity contribution in [1.29, 1.82) is 0 Å². The van der Waals surface area contributed by atoms with Crippen molar-refractivity contribution >= 4 is 27.7 Å². The van der Waals surface area contributed by atoms with E-state index < -0.39 is 6.04 Å². The van der Waals surface area contributed by atoms with Crippen LogP contribution in [-0.4, -0.2) is 29.4 Å². The number of H-pyrrole nitrogens is 1. The Balaban J connectivity index is 2.54. The molecule has 1 unspecified atom stereocenters. The second-order valence-electron chi connectivity index (χ2n) is 3.32. The van der Waals surface area contributed by atoms with Crippen LogP contribution in [0.3, 0.4) is 0 Å². The minimum Gasteiger partial charge on any atom is -0.356 e.